The molecule has 2 aliphatic rings. The normalized spacial score (nSPS) is 20.1. The van der Waals surface area contributed by atoms with Crippen LogP contribution in [0.2, 0.25) is 0 Å². The molecule has 0 bridgehead atoms. The molecule has 1 spiro atoms. The molecular formula is C24H32F3N3O4. The van der Waals surface area contributed by atoms with Gasteiger partial charge in [-0.1, -0.05) is 0 Å². The highest BCUT2D eigenvalue weighted by Gasteiger charge is 2.49. The van der Waals surface area contributed by atoms with Crippen molar-refractivity contribution in [3.63, 3.8) is 0 Å². The Kier molecular flexibility index (Phi) is 8.79. The molecule has 0 aromatic heterocycles. The molecular weight excluding hydrogens is 451 g/mol. The van der Waals surface area contributed by atoms with Gasteiger partial charge in [0.05, 0.1) is 50.0 Å². The van der Waals surface area contributed by atoms with E-state index in [4.69, 9.17) is 19.5 Å². The lowest BCUT2D eigenvalue weighted by molar-refractivity contribution is -0.138. The average Bonchev–Trinajstić information content (AvgIpc) is 3.17. The van der Waals surface area contributed by atoms with Crippen molar-refractivity contribution in [3.05, 3.63) is 29.3 Å². The number of nitriles is 1. The summed E-state index contributed by atoms with van der Waals surface area (Å²) in [5, 5.41) is 9.11. The van der Waals surface area contributed by atoms with Gasteiger partial charge in [-0.05, 0) is 36.5 Å². The number of likely N-dealkylation sites (tertiary alicyclic amines) is 1. The van der Waals surface area contributed by atoms with Crippen LogP contribution in [0.4, 0.5) is 18.9 Å². The molecule has 1 aromatic carbocycles. The molecule has 0 aliphatic carbocycles. The average molecular weight is 484 g/mol. The van der Waals surface area contributed by atoms with Crippen LogP contribution >= 0.6 is 0 Å². The summed E-state index contributed by atoms with van der Waals surface area (Å²) in [6, 6.07) is 5.53. The van der Waals surface area contributed by atoms with E-state index in [-0.39, 0.29) is 22.8 Å². The van der Waals surface area contributed by atoms with E-state index in [2.05, 4.69) is 0 Å². The Balaban J connectivity index is 1.78. The van der Waals surface area contributed by atoms with Crippen LogP contribution in [-0.2, 0) is 25.2 Å². The molecule has 188 valence electrons. The van der Waals surface area contributed by atoms with Crippen LogP contribution < -0.4 is 4.90 Å². The van der Waals surface area contributed by atoms with E-state index in [1.165, 1.54) is 6.07 Å². The summed E-state index contributed by atoms with van der Waals surface area (Å²) < 4.78 is 56.5. The molecule has 2 fully saturated rings. The molecule has 1 aromatic rings. The molecule has 1 unspecified atom stereocenters. The molecule has 2 heterocycles. The number of hydrogen-bond acceptors (Lipinski definition) is 6. The van der Waals surface area contributed by atoms with E-state index < -0.39 is 11.7 Å². The van der Waals surface area contributed by atoms with Crippen LogP contribution in [0.3, 0.4) is 0 Å². The van der Waals surface area contributed by atoms with Gasteiger partial charge in [-0.25, -0.2) is 0 Å². The van der Waals surface area contributed by atoms with Gasteiger partial charge >= 0.3 is 6.18 Å². The number of alkyl halides is 3. The third kappa shape index (κ3) is 6.01. The maximum atomic E-state index is 13.5. The fraction of sp³-hybridized carbons (Fsp3) is 0.667. The first-order valence-electron chi connectivity index (χ1n) is 11.4. The van der Waals surface area contributed by atoms with Gasteiger partial charge in [-0.3, -0.25) is 4.79 Å². The van der Waals surface area contributed by atoms with Crippen molar-refractivity contribution in [1.29, 1.82) is 5.26 Å². The topological polar surface area (TPSA) is 75.0 Å². The number of ether oxygens (including phenoxy) is 3. The van der Waals surface area contributed by atoms with Gasteiger partial charge in [0.2, 0.25) is 5.91 Å². The van der Waals surface area contributed by atoms with E-state index in [1.807, 2.05) is 9.80 Å². The number of rotatable bonds is 9. The maximum Gasteiger partial charge on any atom is 0.417 e. The Hall–Kier alpha value is -2.35. The zero-order valence-electron chi connectivity index (χ0n) is 19.7. The first-order chi connectivity index (χ1) is 16.2. The Bertz CT molecular complexity index is 879. The zero-order chi connectivity index (χ0) is 24.8. The second-order valence-electron chi connectivity index (χ2n) is 8.97. The third-order valence-electron chi connectivity index (χ3n) is 6.99. The predicted octanol–water partition coefficient (Wildman–Crippen LogP) is 3.32. The molecule has 2 aliphatic heterocycles. The number of carbonyl (C=O) groups excluding carboxylic acids is 1. The number of anilines is 1. The van der Waals surface area contributed by atoms with E-state index in [9.17, 15) is 18.0 Å². The first-order valence-corrected chi connectivity index (χ1v) is 11.4. The molecule has 1 atom stereocenters. The minimum absolute atomic E-state index is 0.0568. The first kappa shape index (κ1) is 26.3. The molecule has 3 rings (SSSR count). The van der Waals surface area contributed by atoms with Crippen molar-refractivity contribution in [2.75, 3.05) is 71.7 Å². The Morgan fingerprint density at radius 2 is 1.88 bits per heavy atom. The van der Waals surface area contributed by atoms with Gasteiger partial charge < -0.3 is 24.0 Å². The van der Waals surface area contributed by atoms with E-state index >= 15 is 0 Å². The van der Waals surface area contributed by atoms with Crippen molar-refractivity contribution in [2.24, 2.45) is 11.3 Å². The molecule has 7 nitrogen and oxygen atoms in total. The zero-order valence-corrected chi connectivity index (χ0v) is 19.7. The second-order valence-corrected chi connectivity index (χ2v) is 8.97. The van der Waals surface area contributed by atoms with E-state index in [1.54, 1.807) is 26.4 Å². The van der Waals surface area contributed by atoms with Crippen LogP contribution in [0.25, 0.3) is 0 Å². The lowest BCUT2D eigenvalue weighted by Gasteiger charge is -2.42. The number of carbonyl (C=O) groups is 1. The number of amides is 1. The van der Waals surface area contributed by atoms with E-state index in [0.29, 0.717) is 64.7 Å². The molecule has 0 radical (unpaired) electrons. The predicted molar refractivity (Wildman–Crippen MR) is 119 cm³/mol. The number of benzene rings is 1. The van der Waals surface area contributed by atoms with Crippen LogP contribution in [0, 0.1) is 22.7 Å². The number of piperidine rings is 1. The number of hydrogen-bond donors (Lipinski definition) is 0. The van der Waals surface area contributed by atoms with Crippen molar-refractivity contribution >= 4 is 11.6 Å². The summed E-state index contributed by atoms with van der Waals surface area (Å²) in [4.78, 5) is 16.2. The van der Waals surface area contributed by atoms with E-state index in [0.717, 1.165) is 18.9 Å². The van der Waals surface area contributed by atoms with Crippen molar-refractivity contribution in [2.45, 2.75) is 25.4 Å². The molecule has 1 amide bonds. The van der Waals surface area contributed by atoms with Crippen LogP contribution in [0.15, 0.2) is 18.2 Å². The van der Waals surface area contributed by atoms with Gasteiger partial charge in [-0.15, -0.1) is 0 Å². The Morgan fingerprint density at radius 1 is 1.18 bits per heavy atom. The van der Waals surface area contributed by atoms with Crippen LogP contribution in [-0.4, -0.2) is 77.6 Å². The summed E-state index contributed by atoms with van der Waals surface area (Å²) in [5.41, 5.74) is -1.02. The fourth-order valence-corrected chi connectivity index (χ4v) is 5.00. The summed E-state index contributed by atoms with van der Waals surface area (Å²) in [7, 11) is 3.16. The van der Waals surface area contributed by atoms with Gasteiger partial charge in [0.1, 0.15) is 0 Å². The molecule has 0 N–H and O–H groups in total. The largest absolute Gasteiger partial charge is 0.417 e. The quantitative estimate of drug-likeness (QED) is 0.502. The second kappa shape index (κ2) is 11.4. The van der Waals surface area contributed by atoms with Gasteiger partial charge in [0.15, 0.2) is 0 Å². The monoisotopic (exact) mass is 483 g/mol. The highest BCUT2D eigenvalue weighted by Crippen LogP contribution is 2.47. The maximum absolute atomic E-state index is 13.5. The van der Waals surface area contributed by atoms with Gasteiger partial charge in [-0.2, -0.15) is 18.4 Å². The lowest BCUT2D eigenvalue weighted by atomic mass is 9.71. The van der Waals surface area contributed by atoms with Crippen molar-refractivity contribution in [3.8, 4) is 6.07 Å². The highest BCUT2D eigenvalue weighted by molar-refractivity contribution is 5.76. The summed E-state index contributed by atoms with van der Waals surface area (Å²) in [6.07, 6.45) is -2.76. The van der Waals surface area contributed by atoms with Gasteiger partial charge in [0, 0.05) is 52.0 Å². The van der Waals surface area contributed by atoms with Crippen molar-refractivity contribution < 1.29 is 32.2 Å². The number of nitrogens with zero attached hydrogens (tertiary/aromatic N) is 3. The Morgan fingerprint density at radius 3 is 2.50 bits per heavy atom. The minimum atomic E-state index is -4.60. The standard InChI is InChI=1S/C24H32F3N3O4/c1-32-10-5-22(31)29-8-6-23(7-9-29)17-30(15-19(23)16-34-12-11-33-2)20-4-3-18(14-28)21(13-20)24(25,26)27/h3-4,13,19H,5-12,15-17H2,1-2H3. The van der Waals surface area contributed by atoms with Crippen molar-refractivity contribution in [1.82, 2.24) is 4.90 Å². The smallest absolute Gasteiger partial charge is 0.384 e. The third-order valence-corrected chi connectivity index (χ3v) is 6.99. The number of methoxy groups -OCH3 is 2. The molecule has 0 saturated carbocycles. The molecule has 34 heavy (non-hydrogen) atoms. The SMILES string of the molecule is COCCOCC1CN(c2ccc(C#N)c(C(F)(F)F)c2)CC12CCN(C(=O)CCOC)CC2. The lowest BCUT2D eigenvalue weighted by Crippen LogP contribution is -2.47. The number of halogens is 3. The molecule has 2 saturated heterocycles. The van der Waals surface area contributed by atoms with Crippen LogP contribution in [0.5, 0.6) is 0 Å². The van der Waals surface area contributed by atoms with Crippen LogP contribution in [0.1, 0.15) is 30.4 Å². The summed E-state index contributed by atoms with van der Waals surface area (Å²) in [6.45, 7) is 4.10. The summed E-state index contributed by atoms with van der Waals surface area (Å²) in [5.74, 6) is 0.159. The highest BCUT2D eigenvalue weighted by atomic mass is 19.4. The minimum Gasteiger partial charge on any atom is -0.384 e. The van der Waals surface area contributed by atoms with Gasteiger partial charge in [0.25, 0.3) is 0 Å². The molecule has 10 heteroatoms. The Labute approximate surface area is 198 Å². The fourth-order valence-electron chi connectivity index (χ4n) is 5.00. The summed E-state index contributed by atoms with van der Waals surface area (Å²) >= 11 is 0.